The number of nitrogens with zero attached hydrogens (tertiary/aromatic N) is 2. The number of rotatable bonds is 4. The molecule has 5 heteroatoms. The first-order chi connectivity index (χ1) is 9.51. The van der Waals surface area contributed by atoms with Gasteiger partial charge in [0.25, 0.3) is 0 Å². The first-order valence-electron chi connectivity index (χ1n) is 7.21. The smallest absolute Gasteiger partial charge is 0.157 e. The molecule has 1 aliphatic rings. The molecule has 0 saturated carbocycles. The van der Waals surface area contributed by atoms with Gasteiger partial charge in [-0.15, -0.1) is 21.5 Å². The van der Waals surface area contributed by atoms with Gasteiger partial charge >= 0.3 is 0 Å². The molecule has 0 spiro atoms. The molecule has 0 aliphatic heterocycles. The van der Waals surface area contributed by atoms with E-state index in [0.29, 0.717) is 0 Å². The molecular weight excluding hydrogens is 286 g/mol. The number of aryl methyl sites for hydroxylation is 2. The third-order valence-electron chi connectivity index (χ3n) is 3.42. The van der Waals surface area contributed by atoms with Crippen LogP contribution < -0.4 is 5.32 Å². The van der Waals surface area contributed by atoms with Gasteiger partial charge in [-0.1, -0.05) is 11.3 Å². The Morgan fingerprint density at radius 1 is 1.20 bits per heavy atom. The molecule has 3 rings (SSSR count). The number of fused-ring (bicyclic) bond motifs is 1. The largest absolute Gasteiger partial charge is 0.312 e. The summed E-state index contributed by atoms with van der Waals surface area (Å²) in [6.07, 6.45) is 4.77. The Morgan fingerprint density at radius 2 is 2.05 bits per heavy atom. The van der Waals surface area contributed by atoms with E-state index < -0.39 is 0 Å². The molecule has 3 nitrogen and oxygen atoms in total. The van der Waals surface area contributed by atoms with Gasteiger partial charge < -0.3 is 5.32 Å². The van der Waals surface area contributed by atoms with Gasteiger partial charge in [0.2, 0.25) is 0 Å². The van der Waals surface area contributed by atoms with E-state index in [4.69, 9.17) is 0 Å². The number of thiophene rings is 1. The van der Waals surface area contributed by atoms with Crippen LogP contribution in [0.1, 0.15) is 42.6 Å². The van der Waals surface area contributed by atoms with E-state index in [0.717, 1.165) is 23.0 Å². The van der Waals surface area contributed by atoms with Crippen molar-refractivity contribution in [1.82, 2.24) is 15.5 Å². The summed E-state index contributed by atoms with van der Waals surface area (Å²) >= 11 is 3.65. The normalized spacial score (nSPS) is 14.8. The third-order valence-corrected chi connectivity index (χ3v) is 5.81. The van der Waals surface area contributed by atoms with Crippen molar-refractivity contribution in [3.8, 4) is 9.88 Å². The van der Waals surface area contributed by atoms with Crippen LogP contribution in [-0.2, 0) is 19.3 Å². The molecule has 0 saturated heterocycles. The molecule has 108 valence electrons. The molecule has 0 fully saturated rings. The third kappa shape index (κ3) is 3.27. The second kappa shape index (κ2) is 5.54. The fourth-order valence-electron chi connectivity index (χ4n) is 2.43. The topological polar surface area (TPSA) is 37.8 Å². The lowest BCUT2D eigenvalue weighted by atomic mass is 10.1. The number of hydrogen-bond donors (Lipinski definition) is 1. The molecule has 0 unspecified atom stereocenters. The van der Waals surface area contributed by atoms with Crippen LogP contribution in [0.25, 0.3) is 9.88 Å². The minimum Gasteiger partial charge on any atom is -0.312 e. The predicted molar refractivity (Wildman–Crippen MR) is 86.7 cm³/mol. The molecule has 0 aromatic carbocycles. The summed E-state index contributed by atoms with van der Waals surface area (Å²) in [4.78, 5) is 2.87. The van der Waals surface area contributed by atoms with E-state index in [9.17, 15) is 0 Å². The predicted octanol–water partition coefficient (Wildman–Crippen LogP) is 3.69. The number of hydrogen-bond acceptors (Lipinski definition) is 5. The average Bonchev–Trinajstić information content (AvgIpc) is 2.99. The maximum absolute atomic E-state index is 4.37. The van der Waals surface area contributed by atoms with Crippen molar-refractivity contribution in [1.29, 1.82) is 0 Å². The summed E-state index contributed by atoms with van der Waals surface area (Å²) in [6, 6.07) is 2.32. The van der Waals surface area contributed by atoms with Gasteiger partial charge in [0.1, 0.15) is 5.01 Å². The molecule has 2 aromatic heterocycles. The zero-order chi connectivity index (χ0) is 14.2. The van der Waals surface area contributed by atoms with Gasteiger partial charge in [-0.05, 0) is 51.7 Å². The van der Waals surface area contributed by atoms with Gasteiger partial charge in [0.15, 0.2) is 5.01 Å². The quantitative estimate of drug-likeness (QED) is 0.936. The van der Waals surface area contributed by atoms with Gasteiger partial charge in [-0.3, -0.25) is 0 Å². The Balaban J connectivity index is 1.64. The van der Waals surface area contributed by atoms with Crippen molar-refractivity contribution < 1.29 is 0 Å². The molecule has 1 aliphatic carbocycles. The summed E-state index contributed by atoms with van der Waals surface area (Å²) in [7, 11) is 0. The second-order valence-corrected chi connectivity index (χ2v) is 8.54. The lowest BCUT2D eigenvalue weighted by molar-refractivity contribution is 0.429. The van der Waals surface area contributed by atoms with Gasteiger partial charge in [0, 0.05) is 23.4 Å². The molecular formula is C15H21N3S2. The van der Waals surface area contributed by atoms with E-state index >= 15 is 0 Å². The first kappa shape index (κ1) is 14.2. The first-order valence-corrected chi connectivity index (χ1v) is 8.84. The fourth-order valence-corrected chi connectivity index (χ4v) is 4.57. The summed E-state index contributed by atoms with van der Waals surface area (Å²) in [5.41, 5.74) is 1.71. The van der Waals surface area contributed by atoms with Crippen LogP contribution in [0.15, 0.2) is 6.07 Å². The van der Waals surface area contributed by atoms with Crippen LogP contribution >= 0.6 is 22.7 Å². The Bertz CT molecular complexity index is 571. The number of aromatic nitrogens is 2. The van der Waals surface area contributed by atoms with Crippen LogP contribution in [0.4, 0.5) is 0 Å². The average molecular weight is 307 g/mol. The minimum absolute atomic E-state index is 0.169. The lowest BCUT2D eigenvalue weighted by Crippen LogP contribution is -2.37. The highest BCUT2D eigenvalue weighted by atomic mass is 32.1. The van der Waals surface area contributed by atoms with Gasteiger partial charge in [-0.2, -0.15) is 0 Å². The van der Waals surface area contributed by atoms with Crippen LogP contribution in [0, 0.1) is 0 Å². The Kier molecular flexibility index (Phi) is 3.93. The monoisotopic (exact) mass is 307 g/mol. The Hall–Kier alpha value is -0.780. The Morgan fingerprint density at radius 3 is 2.80 bits per heavy atom. The number of nitrogens with one attached hydrogen (secondary N) is 1. The highest BCUT2D eigenvalue weighted by molar-refractivity contribution is 7.21. The van der Waals surface area contributed by atoms with E-state index in [1.54, 1.807) is 16.2 Å². The van der Waals surface area contributed by atoms with Crippen LogP contribution in [0.2, 0.25) is 0 Å². The van der Waals surface area contributed by atoms with Crippen molar-refractivity contribution in [2.75, 3.05) is 6.54 Å². The Labute approximate surface area is 128 Å². The maximum Gasteiger partial charge on any atom is 0.157 e. The molecule has 0 radical (unpaired) electrons. The van der Waals surface area contributed by atoms with Crippen molar-refractivity contribution >= 4 is 22.7 Å². The SMILES string of the molecule is CC(C)(C)NCCc1nnc(-c2cc3c(s2)CCC3)s1. The van der Waals surface area contributed by atoms with Crippen molar-refractivity contribution in [3.63, 3.8) is 0 Å². The molecule has 1 N–H and O–H groups in total. The van der Waals surface area contributed by atoms with E-state index in [-0.39, 0.29) is 5.54 Å². The standard InChI is InChI=1S/C15H21N3S2/c1-15(2,3)16-8-7-13-17-18-14(20-13)12-9-10-5-4-6-11(10)19-12/h9,16H,4-8H2,1-3H3. The minimum atomic E-state index is 0.169. The molecule has 20 heavy (non-hydrogen) atoms. The molecule has 0 atom stereocenters. The highest BCUT2D eigenvalue weighted by Crippen LogP contribution is 2.37. The zero-order valence-electron chi connectivity index (χ0n) is 12.3. The summed E-state index contributed by atoms with van der Waals surface area (Å²) < 4.78 is 0. The second-order valence-electron chi connectivity index (χ2n) is 6.34. The van der Waals surface area contributed by atoms with E-state index in [2.05, 4.69) is 42.4 Å². The van der Waals surface area contributed by atoms with E-state index in [1.807, 2.05) is 11.3 Å². The highest BCUT2D eigenvalue weighted by Gasteiger charge is 2.18. The fraction of sp³-hybridized carbons (Fsp3) is 0.600. The molecule has 0 bridgehead atoms. The van der Waals surface area contributed by atoms with Crippen LogP contribution in [0.3, 0.4) is 0 Å². The zero-order valence-corrected chi connectivity index (χ0v) is 14.0. The van der Waals surface area contributed by atoms with Crippen molar-refractivity contribution in [2.45, 2.75) is 52.0 Å². The molecule has 0 amide bonds. The van der Waals surface area contributed by atoms with Crippen LogP contribution in [0.5, 0.6) is 0 Å². The summed E-state index contributed by atoms with van der Waals surface area (Å²) in [5, 5.41) is 14.4. The van der Waals surface area contributed by atoms with E-state index in [1.165, 1.54) is 29.7 Å². The maximum atomic E-state index is 4.37. The van der Waals surface area contributed by atoms with Crippen molar-refractivity contribution in [2.24, 2.45) is 0 Å². The molecule has 2 aromatic rings. The summed E-state index contributed by atoms with van der Waals surface area (Å²) in [6.45, 7) is 7.52. The van der Waals surface area contributed by atoms with Crippen LogP contribution in [-0.4, -0.2) is 22.3 Å². The van der Waals surface area contributed by atoms with Gasteiger partial charge in [-0.25, -0.2) is 0 Å². The van der Waals surface area contributed by atoms with Gasteiger partial charge in [0.05, 0.1) is 4.88 Å². The molecule has 2 heterocycles. The lowest BCUT2D eigenvalue weighted by Gasteiger charge is -2.19. The summed E-state index contributed by atoms with van der Waals surface area (Å²) in [5.74, 6) is 0. The van der Waals surface area contributed by atoms with Crippen molar-refractivity contribution in [3.05, 3.63) is 21.5 Å².